The van der Waals surface area contributed by atoms with E-state index in [9.17, 15) is 70.2 Å². The summed E-state index contributed by atoms with van der Waals surface area (Å²) >= 11 is -1.45. The molecule has 27 heavy (non-hydrogen) atoms. The van der Waals surface area contributed by atoms with Gasteiger partial charge in [-0.25, -0.2) is 4.39 Å². The van der Waals surface area contributed by atoms with E-state index in [2.05, 4.69) is 0 Å². The molecule has 0 radical (unpaired) electrons. The van der Waals surface area contributed by atoms with Crippen molar-refractivity contribution in [3.8, 4) is 0 Å². The summed E-state index contributed by atoms with van der Waals surface area (Å²) in [6.07, 6.45) is -10.6. The van der Waals surface area contributed by atoms with Gasteiger partial charge in [0.15, 0.2) is 0 Å². The molecule has 0 aliphatic carbocycles. The highest BCUT2D eigenvalue weighted by molar-refractivity contribution is 14.1. The molecule has 0 aliphatic rings. The Hall–Kier alpha value is 0.340. The largest absolute Gasteiger partial charge is 0.438 e. The summed E-state index contributed by atoms with van der Waals surface area (Å²) < 4.78 is 194. The number of alkyl halides is 18. The molecular weight excluding hydrogens is 666 g/mol. The first-order chi connectivity index (χ1) is 11.2. The van der Waals surface area contributed by atoms with E-state index < -0.39 is 72.4 Å². The van der Waals surface area contributed by atoms with Gasteiger partial charge in [-0.1, -0.05) is 0 Å². The summed E-state index contributed by atoms with van der Waals surface area (Å²) in [5, 5.41) is 0. The van der Waals surface area contributed by atoms with Gasteiger partial charge in [-0.05, 0) is 45.2 Å². The van der Waals surface area contributed by atoms with E-state index in [-0.39, 0.29) is 22.6 Å². The Morgan fingerprint density at radius 2 is 0.741 bits per heavy atom. The van der Waals surface area contributed by atoms with Crippen LogP contribution >= 0.6 is 45.2 Å². The Kier molecular flexibility index (Phi) is 7.04. The van der Waals surface area contributed by atoms with Crippen LogP contribution in [0.1, 0.15) is 6.42 Å². The summed E-state index contributed by atoms with van der Waals surface area (Å²) in [4.78, 5) is 0. The summed E-state index contributed by atoms with van der Waals surface area (Å²) in [6, 6.07) is 0. The second-order valence-corrected chi connectivity index (χ2v) is 7.93. The van der Waals surface area contributed by atoms with Crippen LogP contribution in [0, 0.1) is 0 Å². The first kappa shape index (κ1) is 27.3. The Morgan fingerprint density at radius 1 is 0.444 bits per heavy atom. The van der Waals surface area contributed by atoms with Crippen LogP contribution in [0.3, 0.4) is 0 Å². The summed E-state index contributed by atoms with van der Waals surface area (Å²) in [5.74, 6) is -38.5. The molecule has 1 atom stereocenters. The van der Waals surface area contributed by atoms with Gasteiger partial charge in [0.2, 0.25) is 0 Å². The quantitative estimate of drug-likeness (QED) is 0.153. The van der Waals surface area contributed by atoms with Crippen molar-refractivity contribution in [1.82, 2.24) is 0 Å². The molecule has 0 aromatic rings. The van der Waals surface area contributed by atoms with Crippen molar-refractivity contribution in [2.75, 3.05) is 0 Å². The van der Waals surface area contributed by atoms with Crippen molar-refractivity contribution in [1.29, 1.82) is 0 Å². The highest BCUT2D eigenvalue weighted by atomic mass is 127. The molecule has 0 saturated heterocycles. The van der Waals surface area contributed by atoms with Gasteiger partial charge in [0, 0.05) is 0 Å². The van der Waals surface area contributed by atoms with E-state index in [0.29, 0.717) is 0 Å². The predicted molar refractivity (Wildman–Crippen MR) is 72.2 cm³/mol. The maximum Gasteiger partial charge on any atom is 0.438 e. The maximum absolute atomic E-state index is 13.2. The standard InChI is InChI=1S/C9H2F16I2/c10-2(11,1-3(12,13)26)4(14,15)5(16,17)6(18,19)7(20,21)8(22,27)9(23,24)25/h1H2. The fraction of sp³-hybridized carbons (Fsp3) is 1.00. The normalized spacial score (nSPS) is 18.4. The van der Waals surface area contributed by atoms with Crippen LogP contribution < -0.4 is 0 Å². The molecule has 0 N–H and O–H groups in total. The molecular formula is C9H2F16I2. The third kappa shape index (κ3) is 4.29. The van der Waals surface area contributed by atoms with Crippen LogP contribution in [0.5, 0.6) is 0 Å². The minimum atomic E-state index is -8.10. The molecule has 0 aliphatic heterocycles. The van der Waals surface area contributed by atoms with Crippen LogP contribution in [0.25, 0.3) is 0 Å². The predicted octanol–water partition coefficient (Wildman–Crippen LogP) is 7.24. The lowest BCUT2D eigenvalue weighted by Gasteiger charge is -2.42. The van der Waals surface area contributed by atoms with Gasteiger partial charge >= 0.3 is 43.4 Å². The molecule has 164 valence electrons. The fourth-order valence-corrected chi connectivity index (χ4v) is 2.18. The maximum atomic E-state index is 13.2. The van der Waals surface area contributed by atoms with Gasteiger partial charge in [-0.15, -0.1) is 0 Å². The molecule has 0 aromatic heterocycles. The van der Waals surface area contributed by atoms with Crippen LogP contribution in [0.15, 0.2) is 0 Å². The van der Waals surface area contributed by atoms with Gasteiger partial charge in [-0.3, -0.25) is 0 Å². The SMILES string of the molecule is FC(F)(I)CC(F)(F)C(F)(F)C(F)(F)C(F)(F)C(F)(F)C(F)(I)C(F)(F)F. The summed E-state index contributed by atoms with van der Waals surface area (Å²) in [6.45, 7) is 0. The Bertz CT molecular complexity index is 541. The van der Waals surface area contributed by atoms with Gasteiger partial charge in [0.1, 0.15) is 0 Å². The molecule has 0 saturated carbocycles. The third-order valence-corrected chi connectivity index (χ3v) is 4.49. The van der Waals surface area contributed by atoms with E-state index in [1.807, 2.05) is 0 Å². The van der Waals surface area contributed by atoms with E-state index in [1.54, 1.807) is 0 Å². The van der Waals surface area contributed by atoms with E-state index in [0.717, 1.165) is 0 Å². The Balaban J connectivity index is 6.47. The van der Waals surface area contributed by atoms with Crippen LogP contribution in [-0.4, -0.2) is 43.4 Å². The topological polar surface area (TPSA) is 0 Å². The Morgan fingerprint density at radius 3 is 1.00 bits per heavy atom. The van der Waals surface area contributed by atoms with Crippen molar-refractivity contribution in [2.45, 2.75) is 49.8 Å². The molecule has 0 amide bonds. The van der Waals surface area contributed by atoms with Crippen molar-refractivity contribution >= 4 is 45.2 Å². The molecule has 0 heterocycles. The lowest BCUT2D eigenvalue weighted by atomic mass is 9.91. The lowest BCUT2D eigenvalue weighted by molar-refractivity contribution is -0.421. The highest BCUT2D eigenvalue weighted by Gasteiger charge is 2.92. The van der Waals surface area contributed by atoms with Crippen molar-refractivity contribution in [3.05, 3.63) is 0 Å². The van der Waals surface area contributed by atoms with Gasteiger partial charge in [0.25, 0.3) is 0 Å². The third-order valence-electron chi connectivity index (χ3n) is 2.82. The van der Waals surface area contributed by atoms with Crippen molar-refractivity contribution in [2.24, 2.45) is 0 Å². The summed E-state index contributed by atoms with van der Waals surface area (Å²) in [5.41, 5.74) is 0. The number of hydrogen-bond donors (Lipinski definition) is 0. The van der Waals surface area contributed by atoms with E-state index >= 15 is 0 Å². The van der Waals surface area contributed by atoms with E-state index in [1.165, 1.54) is 0 Å². The molecule has 0 spiro atoms. The van der Waals surface area contributed by atoms with Crippen LogP contribution in [-0.2, 0) is 0 Å². The highest BCUT2D eigenvalue weighted by Crippen LogP contribution is 2.64. The zero-order valence-electron chi connectivity index (χ0n) is 11.5. The van der Waals surface area contributed by atoms with Crippen molar-refractivity contribution in [3.63, 3.8) is 0 Å². The second kappa shape index (κ2) is 6.95. The average molecular weight is 668 g/mol. The zero-order chi connectivity index (χ0) is 22.7. The van der Waals surface area contributed by atoms with Crippen LogP contribution in [0.4, 0.5) is 70.2 Å². The van der Waals surface area contributed by atoms with Gasteiger partial charge < -0.3 is 0 Å². The van der Waals surface area contributed by atoms with Gasteiger partial charge in [0.05, 0.1) is 6.42 Å². The Labute approximate surface area is 165 Å². The smallest absolute Gasteiger partial charge is 0.215 e. The molecule has 0 fully saturated rings. The fourth-order valence-electron chi connectivity index (χ4n) is 1.36. The molecule has 0 nitrogen and oxygen atoms in total. The molecule has 0 bridgehead atoms. The lowest BCUT2D eigenvalue weighted by Crippen LogP contribution is -2.72. The van der Waals surface area contributed by atoms with Crippen LogP contribution in [0.2, 0.25) is 0 Å². The number of rotatable bonds is 7. The van der Waals surface area contributed by atoms with E-state index in [4.69, 9.17) is 0 Å². The van der Waals surface area contributed by atoms with Gasteiger partial charge in [-0.2, -0.15) is 65.9 Å². The zero-order valence-corrected chi connectivity index (χ0v) is 15.8. The minimum absolute atomic E-state index is 0.307. The number of hydrogen-bond acceptors (Lipinski definition) is 0. The molecule has 0 rings (SSSR count). The van der Waals surface area contributed by atoms with Crippen molar-refractivity contribution < 1.29 is 70.2 Å². The average Bonchev–Trinajstić information content (AvgIpc) is 2.33. The monoisotopic (exact) mass is 668 g/mol. The minimum Gasteiger partial charge on any atom is -0.215 e. The molecule has 18 heteroatoms. The first-order valence-electron chi connectivity index (χ1n) is 5.61. The molecule has 0 aromatic carbocycles. The summed E-state index contributed by atoms with van der Waals surface area (Å²) in [7, 11) is 0. The first-order valence-corrected chi connectivity index (χ1v) is 7.77. The molecule has 1 unspecified atom stereocenters. The second-order valence-electron chi connectivity index (χ2n) is 4.87. The number of halogens is 18.